The molecule has 0 heterocycles. The van der Waals surface area contributed by atoms with Gasteiger partial charge in [-0.05, 0) is 61.7 Å². The summed E-state index contributed by atoms with van der Waals surface area (Å²) in [7, 11) is 0. The third-order valence-corrected chi connectivity index (χ3v) is 2.80. The molecule has 2 N–H and O–H groups in total. The maximum Gasteiger partial charge on any atom is 0.119 e. The third-order valence-electron chi connectivity index (χ3n) is 2.80. The zero-order valence-corrected chi connectivity index (χ0v) is 11.1. The van der Waals surface area contributed by atoms with Crippen LogP contribution >= 0.6 is 0 Å². The molecule has 2 aromatic rings. The molecule has 2 nitrogen and oxygen atoms in total. The molecule has 18 heavy (non-hydrogen) atoms. The summed E-state index contributed by atoms with van der Waals surface area (Å²) in [5.74, 6) is 0.898. The summed E-state index contributed by atoms with van der Waals surface area (Å²) in [6.07, 6.45) is 0.199. The fourth-order valence-corrected chi connectivity index (χ4v) is 1.94. The van der Waals surface area contributed by atoms with Gasteiger partial charge in [0, 0.05) is 5.69 Å². The minimum absolute atomic E-state index is 0.199. The average molecular weight is 241 g/mol. The summed E-state index contributed by atoms with van der Waals surface area (Å²) in [4.78, 5) is 0. The first-order chi connectivity index (χ1) is 8.56. The second kappa shape index (κ2) is 5.13. The Labute approximate surface area is 108 Å². The second-order valence-corrected chi connectivity index (χ2v) is 4.77. The highest BCUT2D eigenvalue weighted by atomic mass is 16.5. The lowest BCUT2D eigenvalue weighted by molar-refractivity contribution is 0.242. The molecule has 0 bridgehead atoms. The Morgan fingerprint density at radius 2 is 1.67 bits per heavy atom. The lowest BCUT2D eigenvalue weighted by Crippen LogP contribution is -2.05. The maximum absolute atomic E-state index is 5.84. The molecular formula is C16H19NO. The number of benzene rings is 2. The average Bonchev–Trinajstić information content (AvgIpc) is 2.33. The highest BCUT2D eigenvalue weighted by Gasteiger charge is 2.03. The topological polar surface area (TPSA) is 35.2 Å². The molecule has 2 aromatic carbocycles. The van der Waals surface area contributed by atoms with Gasteiger partial charge in [-0.2, -0.15) is 0 Å². The SMILES string of the molecule is Cc1ccc(N)cc1-c1ccc(OC(C)C)cc1. The zero-order valence-electron chi connectivity index (χ0n) is 11.1. The standard InChI is InChI=1S/C16H19NO/c1-11(2)18-15-8-5-13(6-9-15)16-10-14(17)7-4-12(16)3/h4-11H,17H2,1-3H3. The summed E-state index contributed by atoms with van der Waals surface area (Å²) in [5.41, 5.74) is 10.2. The monoisotopic (exact) mass is 241 g/mol. The van der Waals surface area contributed by atoms with Crippen molar-refractivity contribution in [1.82, 2.24) is 0 Å². The van der Waals surface area contributed by atoms with Gasteiger partial charge < -0.3 is 10.5 Å². The molecule has 2 heteroatoms. The third kappa shape index (κ3) is 2.83. The van der Waals surface area contributed by atoms with Gasteiger partial charge in [0.05, 0.1) is 6.10 Å². The Morgan fingerprint density at radius 3 is 2.28 bits per heavy atom. The molecule has 0 atom stereocenters. The first-order valence-electron chi connectivity index (χ1n) is 6.19. The lowest BCUT2D eigenvalue weighted by Gasteiger charge is -2.11. The van der Waals surface area contributed by atoms with Gasteiger partial charge in [-0.1, -0.05) is 18.2 Å². The van der Waals surface area contributed by atoms with Gasteiger partial charge in [-0.3, -0.25) is 0 Å². The fraction of sp³-hybridized carbons (Fsp3) is 0.250. The van der Waals surface area contributed by atoms with Gasteiger partial charge in [0.2, 0.25) is 0 Å². The van der Waals surface area contributed by atoms with Crippen LogP contribution in [0.1, 0.15) is 19.4 Å². The Hall–Kier alpha value is -1.96. The van der Waals surface area contributed by atoms with Crippen molar-refractivity contribution in [3.05, 3.63) is 48.0 Å². The number of hydrogen-bond donors (Lipinski definition) is 1. The predicted octanol–water partition coefficient (Wildman–Crippen LogP) is 4.03. The number of ether oxygens (including phenoxy) is 1. The Bertz CT molecular complexity index is 529. The Kier molecular flexibility index (Phi) is 3.56. The summed E-state index contributed by atoms with van der Waals surface area (Å²) < 4.78 is 5.63. The Morgan fingerprint density at radius 1 is 1.00 bits per heavy atom. The van der Waals surface area contributed by atoms with Crippen LogP contribution < -0.4 is 10.5 Å². The van der Waals surface area contributed by atoms with E-state index < -0.39 is 0 Å². The van der Waals surface area contributed by atoms with Gasteiger partial charge in [-0.15, -0.1) is 0 Å². The van der Waals surface area contributed by atoms with E-state index in [1.165, 1.54) is 11.1 Å². The van der Waals surface area contributed by atoms with Crippen LogP contribution in [0, 0.1) is 6.92 Å². The zero-order chi connectivity index (χ0) is 13.1. The van der Waals surface area contributed by atoms with Crippen molar-refractivity contribution in [3.8, 4) is 16.9 Å². The quantitative estimate of drug-likeness (QED) is 0.823. The number of hydrogen-bond acceptors (Lipinski definition) is 2. The molecule has 0 radical (unpaired) electrons. The normalized spacial score (nSPS) is 10.7. The van der Waals surface area contributed by atoms with E-state index in [-0.39, 0.29) is 6.10 Å². The van der Waals surface area contributed by atoms with Gasteiger partial charge in [0.1, 0.15) is 5.75 Å². The summed E-state index contributed by atoms with van der Waals surface area (Å²) >= 11 is 0. The van der Waals surface area contributed by atoms with Crippen molar-refractivity contribution in [1.29, 1.82) is 0 Å². The number of anilines is 1. The van der Waals surface area contributed by atoms with E-state index in [4.69, 9.17) is 10.5 Å². The van der Waals surface area contributed by atoms with Crippen LogP contribution in [0.4, 0.5) is 5.69 Å². The van der Waals surface area contributed by atoms with E-state index in [9.17, 15) is 0 Å². The minimum Gasteiger partial charge on any atom is -0.491 e. The summed E-state index contributed by atoms with van der Waals surface area (Å²) in [6, 6.07) is 14.1. The fourth-order valence-electron chi connectivity index (χ4n) is 1.94. The van der Waals surface area contributed by atoms with E-state index in [2.05, 4.69) is 19.1 Å². The smallest absolute Gasteiger partial charge is 0.119 e. The molecule has 0 unspecified atom stereocenters. The van der Waals surface area contributed by atoms with Crippen molar-refractivity contribution in [2.24, 2.45) is 0 Å². The van der Waals surface area contributed by atoms with Crippen LogP contribution in [0.15, 0.2) is 42.5 Å². The van der Waals surface area contributed by atoms with Crippen molar-refractivity contribution >= 4 is 5.69 Å². The Balaban J connectivity index is 2.31. The molecule has 94 valence electrons. The van der Waals surface area contributed by atoms with Gasteiger partial charge >= 0.3 is 0 Å². The van der Waals surface area contributed by atoms with Gasteiger partial charge in [-0.25, -0.2) is 0 Å². The van der Waals surface area contributed by atoms with E-state index in [1.807, 2.05) is 44.2 Å². The first-order valence-corrected chi connectivity index (χ1v) is 6.19. The molecule has 0 aliphatic rings. The molecule has 0 saturated carbocycles. The highest BCUT2D eigenvalue weighted by Crippen LogP contribution is 2.27. The first kappa shape index (κ1) is 12.5. The maximum atomic E-state index is 5.84. The molecule has 0 amide bonds. The summed E-state index contributed by atoms with van der Waals surface area (Å²) in [6.45, 7) is 6.14. The number of nitrogens with two attached hydrogens (primary N) is 1. The summed E-state index contributed by atoms with van der Waals surface area (Å²) in [5, 5.41) is 0. The largest absolute Gasteiger partial charge is 0.491 e. The van der Waals surface area contributed by atoms with Gasteiger partial charge in [0.15, 0.2) is 0 Å². The van der Waals surface area contributed by atoms with Crippen molar-refractivity contribution in [3.63, 3.8) is 0 Å². The minimum atomic E-state index is 0.199. The van der Waals surface area contributed by atoms with E-state index in [1.54, 1.807) is 0 Å². The molecular weight excluding hydrogens is 222 g/mol. The lowest BCUT2D eigenvalue weighted by atomic mass is 10.00. The van der Waals surface area contributed by atoms with Crippen LogP contribution in [0.2, 0.25) is 0 Å². The predicted molar refractivity (Wildman–Crippen MR) is 76.8 cm³/mol. The molecule has 0 spiro atoms. The van der Waals surface area contributed by atoms with Crippen molar-refractivity contribution in [2.45, 2.75) is 26.9 Å². The number of aryl methyl sites for hydroxylation is 1. The van der Waals surface area contributed by atoms with E-state index in [0.29, 0.717) is 0 Å². The molecule has 2 rings (SSSR count). The van der Waals surface area contributed by atoms with E-state index in [0.717, 1.165) is 17.0 Å². The van der Waals surface area contributed by atoms with E-state index >= 15 is 0 Å². The van der Waals surface area contributed by atoms with Crippen LogP contribution in [0.25, 0.3) is 11.1 Å². The van der Waals surface area contributed by atoms with Crippen LogP contribution in [-0.2, 0) is 0 Å². The van der Waals surface area contributed by atoms with Gasteiger partial charge in [0.25, 0.3) is 0 Å². The number of nitrogen functional groups attached to an aromatic ring is 1. The van der Waals surface area contributed by atoms with Crippen LogP contribution in [-0.4, -0.2) is 6.10 Å². The molecule has 0 saturated heterocycles. The highest BCUT2D eigenvalue weighted by molar-refractivity contribution is 5.71. The number of rotatable bonds is 3. The van der Waals surface area contributed by atoms with Crippen molar-refractivity contribution < 1.29 is 4.74 Å². The van der Waals surface area contributed by atoms with Crippen LogP contribution in [0.3, 0.4) is 0 Å². The molecule has 0 aliphatic heterocycles. The van der Waals surface area contributed by atoms with Crippen LogP contribution in [0.5, 0.6) is 5.75 Å². The molecule has 0 fully saturated rings. The van der Waals surface area contributed by atoms with Crippen molar-refractivity contribution in [2.75, 3.05) is 5.73 Å². The second-order valence-electron chi connectivity index (χ2n) is 4.77. The molecule has 0 aromatic heterocycles. The molecule has 0 aliphatic carbocycles.